The lowest BCUT2D eigenvalue weighted by Crippen LogP contribution is -2.40. The van der Waals surface area contributed by atoms with E-state index in [0.29, 0.717) is 11.2 Å². The molecule has 3 rings (SSSR count). The van der Waals surface area contributed by atoms with Gasteiger partial charge in [0.1, 0.15) is 5.82 Å². The Morgan fingerprint density at radius 2 is 2.11 bits per heavy atom. The zero-order chi connectivity index (χ0) is 13.6. The number of hydrogen-bond acceptors (Lipinski definition) is 5. The van der Waals surface area contributed by atoms with Gasteiger partial charge in [0.15, 0.2) is 11.2 Å². The second kappa shape index (κ2) is 4.06. The third-order valence-corrected chi connectivity index (χ3v) is 3.80. The summed E-state index contributed by atoms with van der Waals surface area (Å²) in [4.78, 5) is 25.8. The van der Waals surface area contributed by atoms with Crippen molar-refractivity contribution >= 4 is 17.1 Å². The highest BCUT2D eigenvalue weighted by atomic mass is 16.1. The maximum atomic E-state index is 11.8. The molecule has 1 unspecified atom stereocenters. The van der Waals surface area contributed by atoms with Gasteiger partial charge in [0.05, 0.1) is 6.04 Å². The molecule has 0 saturated carbocycles. The van der Waals surface area contributed by atoms with Crippen LogP contribution in [-0.2, 0) is 0 Å². The summed E-state index contributed by atoms with van der Waals surface area (Å²) in [5.74, 6) is 0.842. The Morgan fingerprint density at radius 3 is 2.84 bits per heavy atom. The Morgan fingerprint density at radius 1 is 1.32 bits per heavy atom. The molecule has 0 radical (unpaired) electrons. The molecule has 102 valence electrons. The van der Waals surface area contributed by atoms with E-state index in [1.54, 1.807) is 0 Å². The molecule has 0 spiro atoms. The number of nitrogens with one attached hydrogen (secondary N) is 3. The highest BCUT2D eigenvalue weighted by Gasteiger charge is 2.35. The lowest BCUT2D eigenvalue weighted by Gasteiger charge is -2.38. The van der Waals surface area contributed by atoms with E-state index in [9.17, 15) is 4.79 Å². The van der Waals surface area contributed by atoms with Gasteiger partial charge in [-0.3, -0.25) is 9.78 Å². The van der Waals surface area contributed by atoms with Gasteiger partial charge in [-0.05, 0) is 24.8 Å². The van der Waals surface area contributed by atoms with Crippen LogP contribution < -0.4 is 16.6 Å². The molecule has 0 bridgehead atoms. The fraction of sp³-hybridized carbons (Fsp3) is 0.583. The van der Waals surface area contributed by atoms with Crippen LogP contribution in [0.3, 0.4) is 0 Å². The molecule has 7 heteroatoms. The number of fused-ring (bicyclic) bond motifs is 1. The lowest BCUT2D eigenvalue weighted by atomic mass is 9.77. The Hall–Kier alpha value is -1.89. The first-order valence-corrected chi connectivity index (χ1v) is 6.46. The van der Waals surface area contributed by atoms with Gasteiger partial charge in [-0.25, -0.2) is 4.98 Å². The Kier molecular flexibility index (Phi) is 2.60. The summed E-state index contributed by atoms with van der Waals surface area (Å²) in [6.07, 6.45) is 2.27. The molecule has 0 aliphatic carbocycles. The van der Waals surface area contributed by atoms with Gasteiger partial charge in [0.25, 0.3) is 5.56 Å². The first-order chi connectivity index (χ1) is 8.97. The van der Waals surface area contributed by atoms with Crippen molar-refractivity contribution in [3.63, 3.8) is 0 Å². The van der Waals surface area contributed by atoms with Crippen molar-refractivity contribution in [3.05, 3.63) is 16.2 Å². The van der Waals surface area contributed by atoms with Crippen molar-refractivity contribution in [2.75, 3.05) is 12.3 Å². The van der Waals surface area contributed by atoms with Crippen LogP contribution in [0.4, 0.5) is 5.95 Å². The van der Waals surface area contributed by atoms with Crippen molar-refractivity contribution in [2.24, 2.45) is 5.41 Å². The second-order valence-corrected chi connectivity index (χ2v) is 5.75. The summed E-state index contributed by atoms with van der Waals surface area (Å²) in [5, 5.41) is 3.46. The van der Waals surface area contributed by atoms with E-state index in [0.717, 1.165) is 25.2 Å². The van der Waals surface area contributed by atoms with Gasteiger partial charge in [-0.1, -0.05) is 13.8 Å². The minimum Gasteiger partial charge on any atom is -0.369 e. The molecule has 2 aromatic rings. The number of aromatic amines is 2. The molecular formula is C12H18N6O. The van der Waals surface area contributed by atoms with Gasteiger partial charge in [-0.15, -0.1) is 0 Å². The summed E-state index contributed by atoms with van der Waals surface area (Å²) in [6, 6.07) is 0.0936. The molecule has 19 heavy (non-hydrogen) atoms. The summed E-state index contributed by atoms with van der Waals surface area (Å²) in [6.45, 7) is 5.35. The zero-order valence-electron chi connectivity index (χ0n) is 11.1. The van der Waals surface area contributed by atoms with E-state index >= 15 is 0 Å². The molecule has 1 fully saturated rings. The number of imidazole rings is 1. The average molecular weight is 262 g/mol. The van der Waals surface area contributed by atoms with Gasteiger partial charge in [0, 0.05) is 0 Å². The third kappa shape index (κ3) is 1.99. The number of nitrogens with zero attached hydrogens (tertiary/aromatic N) is 2. The zero-order valence-corrected chi connectivity index (χ0v) is 11.1. The number of nitrogens with two attached hydrogens (primary N) is 1. The lowest BCUT2D eigenvalue weighted by molar-refractivity contribution is 0.175. The minimum absolute atomic E-state index is 0.0877. The number of nitrogen functional groups attached to an aromatic ring is 1. The monoisotopic (exact) mass is 262 g/mol. The predicted molar refractivity (Wildman–Crippen MR) is 72.7 cm³/mol. The smallest absolute Gasteiger partial charge is 0.278 e. The third-order valence-electron chi connectivity index (χ3n) is 3.80. The van der Waals surface area contributed by atoms with Crippen LogP contribution in [0.5, 0.6) is 0 Å². The Bertz CT molecular complexity index is 670. The molecular weight excluding hydrogens is 244 g/mol. The number of aromatic nitrogens is 4. The van der Waals surface area contributed by atoms with Crippen LogP contribution >= 0.6 is 0 Å². The van der Waals surface area contributed by atoms with E-state index in [-0.39, 0.29) is 23.0 Å². The van der Waals surface area contributed by atoms with E-state index < -0.39 is 0 Å². The van der Waals surface area contributed by atoms with Gasteiger partial charge >= 0.3 is 0 Å². The molecule has 0 aromatic carbocycles. The van der Waals surface area contributed by atoms with Crippen molar-refractivity contribution in [2.45, 2.75) is 32.7 Å². The Balaban J connectivity index is 2.11. The van der Waals surface area contributed by atoms with E-state index in [1.165, 1.54) is 0 Å². The van der Waals surface area contributed by atoms with Crippen molar-refractivity contribution < 1.29 is 0 Å². The van der Waals surface area contributed by atoms with Crippen LogP contribution in [-0.4, -0.2) is 26.5 Å². The van der Waals surface area contributed by atoms with Crippen molar-refractivity contribution in [1.82, 2.24) is 25.3 Å². The molecule has 2 aromatic heterocycles. The van der Waals surface area contributed by atoms with Crippen molar-refractivity contribution in [3.8, 4) is 0 Å². The van der Waals surface area contributed by atoms with Gasteiger partial charge in [0.2, 0.25) is 5.95 Å². The molecule has 7 nitrogen and oxygen atoms in total. The molecule has 1 atom stereocenters. The molecule has 1 saturated heterocycles. The average Bonchev–Trinajstić information content (AvgIpc) is 2.72. The number of anilines is 1. The Labute approximate surface area is 110 Å². The summed E-state index contributed by atoms with van der Waals surface area (Å²) >= 11 is 0. The fourth-order valence-electron chi connectivity index (χ4n) is 2.76. The number of piperidine rings is 1. The molecule has 1 aliphatic rings. The van der Waals surface area contributed by atoms with Crippen LogP contribution in [0, 0.1) is 5.41 Å². The SMILES string of the molecule is CC1(C)CCCNC1c1nc2nc(N)[nH]c(=O)c2[nH]1. The number of rotatable bonds is 1. The van der Waals surface area contributed by atoms with E-state index in [4.69, 9.17) is 5.73 Å². The second-order valence-electron chi connectivity index (χ2n) is 5.75. The van der Waals surface area contributed by atoms with Gasteiger partial charge < -0.3 is 16.0 Å². The number of hydrogen-bond donors (Lipinski definition) is 4. The van der Waals surface area contributed by atoms with Crippen LogP contribution in [0.2, 0.25) is 0 Å². The van der Waals surface area contributed by atoms with Crippen LogP contribution in [0.25, 0.3) is 11.2 Å². The van der Waals surface area contributed by atoms with Crippen molar-refractivity contribution in [1.29, 1.82) is 0 Å². The maximum absolute atomic E-state index is 11.8. The first-order valence-electron chi connectivity index (χ1n) is 6.46. The molecule has 3 heterocycles. The van der Waals surface area contributed by atoms with E-state index in [2.05, 4.69) is 39.1 Å². The molecule has 5 N–H and O–H groups in total. The molecule has 0 amide bonds. The summed E-state index contributed by atoms with van der Waals surface area (Å²) in [7, 11) is 0. The van der Waals surface area contributed by atoms with E-state index in [1.807, 2.05) is 0 Å². The standard InChI is InChI=1S/C12H18N6O/c1-12(2)4-3-5-14-7(12)9-15-6-8(16-9)17-11(13)18-10(6)19/h7,14H,3-5H2,1-2H3,(H4,13,15,16,17,18,19). The van der Waals surface area contributed by atoms with Crippen LogP contribution in [0.15, 0.2) is 4.79 Å². The molecule has 1 aliphatic heterocycles. The largest absolute Gasteiger partial charge is 0.369 e. The highest BCUT2D eigenvalue weighted by Crippen LogP contribution is 2.39. The maximum Gasteiger partial charge on any atom is 0.278 e. The predicted octanol–water partition coefficient (Wildman–Crippen LogP) is 0.679. The highest BCUT2D eigenvalue weighted by molar-refractivity contribution is 5.70. The number of H-pyrrole nitrogens is 2. The summed E-state index contributed by atoms with van der Waals surface area (Å²) in [5.41, 5.74) is 6.09. The first kappa shape index (κ1) is 12.2. The fourth-order valence-corrected chi connectivity index (χ4v) is 2.76. The van der Waals surface area contributed by atoms with Gasteiger partial charge in [-0.2, -0.15) is 4.98 Å². The van der Waals surface area contributed by atoms with Crippen LogP contribution in [0.1, 0.15) is 38.6 Å². The summed E-state index contributed by atoms with van der Waals surface area (Å²) < 4.78 is 0. The normalized spacial score (nSPS) is 22.7. The quantitative estimate of drug-likeness (QED) is 0.603. The minimum atomic E-state index is -0.283. The topological polar surface area (TPSA) is 112 Å².